The number of ether oxygens (including phenoxy) is 2. The highest BCUT2D eigenvalue weighted by atomic mass is 33.1. The smallest absolute Gasteiger partial charge is 0.343 e. The van der Waals surface area contributed by atoms with E-state index < -0.39 is 36.5 Å². The van der Waals surface area contributed by atoms with E-state index in [1.807, 2.05) is 6.92 Å². The number of benzene rings is 2. The van der Waals surface area contributed by atoms with E-state index in [0.717, 1.165) is 5.56 Å². The number of carbonyl (C=O) groups excluding carboxylic acids is 2. The van der Waals surface area contributed by atoms with Gasteiger partial charge in [-0.1, -0.05) is 29.8 Å². The van der Waals surface area contributed by atoms with Gasteiger partial charge in [-0.2, -0.15) is 0 Å². The number of nitro groups is 1. The lowest BCUT2D eigenvalue weighted by atomic mass is 9.80. The number of hydrogen-bond acceptors (Lipinski definition) is 10. The minimum absolute atomic E-state index is 0.00629. The molecule has 1 aliphatic heterocycles. The normalized spacial score (nSPS) is 19.9. The van der Waals surface area contributed by atoms with Crippen molar-refractivity contribution in [2.75, 3.05) is 20.8 Å². The molecule has 0 saturated heterocycles. The van der Waals surface area contributed by atoms with Crippen LogP contribution in [0.3, 0.4) is 0 Å². The highest BCUT2D eigenvalue weighted by Gasteiger charge is 2.55. The van der Waals surface area contributed by atoms with Gasteiger partial charge in [-0.15, -0.1) is 0 Å². The summed E-state index contributed by atoms with van der Waals surface area (Å²) in [5.41, 5.74) is 1.48. The number of rotatable bonds is 8. The van der Waals surface area contributed by atoms with E-state index in [0.29, 0.717) is 16.4 Å². The number of nitrogens with zero attached hydrogens (tertiary/aromatic N) is 2. The molecule has 0 aliphatic carbocycles. The molecule has 0 saturated carbocycles. The molecule has 2 unspecified atom stereocenters. The molecular formula is C25H28N2O8S2. The zero-order valence-corrected chi connectivity index (χ0v) is 22.7. The van der Waals surface area contributed by atoms with Crippen molar-refractivity contribution in [3.63, 3.8) is 0 Å². The van der Waals surface area contributed by atoms with Crippen molar-refractivity contribution < 1.29 is 32.4 Å². The largest absolute Gasteiger partial charge is 0.466 e. The third kappa shape index (κ3) is 5.49. The van der Waals surface area contributed by atoms with Gasteiger partial charge in [0.2, 0.25) is 13.7 Å². The number of non-ortho nitro benzene ring substituents is 1. The Morgan fingerprint density at radius 2 is 1.84 bits per heavy atom. The second-order valence-corrected chi connectivity index (χ2v) is 12.6. The molecule has 0 N–H and O–H groups in total. The first-order valence-electron chi connectivity index (χ1n) is 11.3. The van der Waals surface area contributed by atoms with Crippen molar-refractivity contribution in [2.24, 2.45) is 0 Å². The third-order valence-electron chi connectivity index (χ3n) is 6.30. The summed E-state index contributed by atoms with van der Waals surface area (Å²) in [6.45, 7) is 5.00. The Kier molecular flexibility index (Phi) is 8.33. The molecule has 2 aromatic carbocycles. The maximum absolute atomic E-state index is 13.6. The average molecular weight is 549 g/mol. The molecule has 0 fully saturated rings. The van der Waals surface area contributed by atoms with Crippen molar-refractivity contribution in [2.45, 2.75) is 42.9 Å². The van der Waals surface area contributed by atoms with Crippen LogP contribution in [-0.2, 0) is 27.9 Å². The van der Waals surface area contributed by atoms with Crippen molar-refractivity contribution in [1.29, 1.82) is 0 Å². The second kappa shape index (κ2) is 10.9. The van der Waals surface area contributed by atoms with Crippen molar-refractivity contribution in [3.05, 3.63) is 81.0 Å². The first kappa shape index (κ1) is 28.2. The Hall–Kier alpha value is -3.38. The van der Waals surface area contributed by atoms with E-state index in [1.54, 1.807) is 32.0 Å². The van der Waals surface area contributed by atoms with Gasteiger partial charge in [0.25, 0.3) is 5.69 Å². The molecule has 0 bridgehead atoms. The fourth-order valence-corrected chi connectivity index (χ4v) is 8.28. The molecule has 10 nitrogen and oxygen atoms in total. The highest BCUT2D eigenvalue weighted by Crippen LogP contribution is 2.52. The predicted molar refractivity (Wildman–Crippen MR) is 138 cm³/mol. The van der Waals surface area contributed by atoms with E-state index >= 15 is 0 Å². The number of nitro benzene ring substituents is 1. The molecule has 0 aromatic heterocycles. The number of likely N-dealkylation sites (N-methyl/N-ethyl adjacent to an activating group) is 1. The Balaban J connectivity index is 2.25. The monoisotopic (exact) mass is 548 g/mol. The zero-order chi connectivity index (χ0) is 27.5. The summed E-state index contributed by atoms with van der Waals surface area (Å²) in [7, 11) is -0.960. The highest BCUT2D eigenvalue weighted by molar-refractivity contribution is 8.72. The Morgan fingerprint density at radius 3 is 2.41 bits per heavy atom. The molecule has 2 atom stereocenters. The van der Waals surface area contributed by atoms with Crippen LogP contribution in [0.4, 0.5) is 5.69 Å². The summed E-state index contributed by atoms with van der Waals surface area (Å²) in [6, 6.07) is 11.9. The van der Waals surface area contributed by atoms with Crippen LogP contribution in [0.25, 0.3) is 0 Å². The fraction of sp³-hybridized carbons (Fsp3) is 0.360. The molecule has 0 amide bonds. The van der Waals surface area contributed by atoms with Crippen LogP contribution in [0, 0.1) is 17.0 Å². The standard InChI is InChI=1S/C25H28N2O8S2/c1-6-35-24(29)25(36-37(32,33)20-12-10-16(2)11-13-20)15-21(18-8-7-9-19(14-18)27(30)31)22(23(28)34-5)17(3)26(25)4/h7-14,21H,6,15H2,1-5H3. The summed E-state index contributed by atoms with van der Waals surface area (Å²) in [4.78, 5) is 36.9. The average Bonchev–Trinajstić information content (AvgIpc) is 2.86. The van der Waals surface area contributed by atoms with Crippen molar-refractivity contribution >= 4 is 37.3 Å². The molecule has 198 valence electrons. The topological polar surface area (TPSA) is 133 Å². The number of hydrogen-bond donors (Lipinski definition) is 0. The van der Waals surface area contributed by atoms with E-state index in [1.165, 1.54) is 49.4 Å². The predicted octanol–water partition coefficient (Wildman–Crippen LogP) is 4.15. The van der Waals surface area contributed by atoms with Crippen LogP contribution < -0.4 is 0 Å². The Labute approximate surface area is 219 Å². The summed E-state index contributed by atoms with van der Waals surface area (Å²) < 4.78 is 37.5. The van der Waals surface area contributed by atoms with Gasteiger partial charge in [0.1, 0.15) is 0 Å². The van der Waals surface area contributed by atoms with Gasteiger partial charge in [-0.05, 0) is 38.5 Å². The summed E-state index contributed by atoms with van der Waals surface area (Å²) in [5.74, 6) is -2.39. The quantitative estimate of drug-likeness (QED) is 0.205. The molecule has 0 radical (unpaired) electrons. The van der Waals surface area contributed by atoms with Gasteiger partial charge in [0.15, 0.2) is 0 Å². The lowest BCUT2D eigenvalue weighted by molar-refractivity contribution is -0.384. The van der Waals surface area contributed by atoms with E-state index in [9.17, 15) is 28.1 Å². The lowest BCUT2D eigenvalue weighted by Crippen LogP contribution is -2.55. The molecule has 0 spiro atoms. The first-order chi connectivity index (χ1) is 17.4. The maximum atomic E-state index is 13.6. The van der Waals surface area contributed by atoms with E-state index in [2.05, 4.69) is 0 Å². The van der Waals surface area contributed by atoms with Crippen LogP contribution in [0.2, 0.25) is 0 Å². The molecule has 37 heavy (non-hydrogen) atoms. The van der Waals surface area contributed by atoms with E-state index in [-0.39, 0.29) is 34.9 Å². The Morgan fingerprint density at radius 1 is 1.19 bits per heavy atom. The summed E-state index contributed by atoms with van der Waals surface area (Å²) in [5, 5.41) is 11.4. The maximum Gasteiger partial charge on any atom is 0.343 e. The Bertz CT molecular complexity index is 1360. The zero-order valence-electron chi connectivity index (χ0n) is 21.1. The van der Waals surface area contributed by atoms with Crippen LogP contribution >= 0.6 is 10.8 Å². The number of esters is 2. The molecule has 12 heteroatoms. The number of methoxy groups -OCH3 is 1. The minimum Gasteiger partial charge on any atom is -0.466 e. The molecule has 1 aliphatic rings. The van der Waals surface area contributed by atoms with Gasteiger partial charge in [-0.3, -0.25) is 10.1 Å². The third-order valence-corrected chi connectivity index (χ3v) is 10.3. The molecular weight excluding hydrogens is 520 g/mol. The van der Waals surface area contributed by atoms with Crippen LogP contribution in [0.1, 0.15) is 37.3 Å². The van der Waals surface area contributed by atoms with Crippen molar-refractivity contribution in [1.82, 2.24) is 4.90 Å². The number of allylic oxidation sites excluding steroid dienone is 1. The van der Waals surface area contributed by atoms with Gasteiger partial charge in [-0.25, -0.2) is 18.0 Å². The summed E-state index contributed by atoms with van der Waals surface area (Å²) in [6.07, 6.45) is -0.221. The summed E-state index contributed by atoms with van der Waals surface area (Å²) >= 11 is 0. The first-order valence-corrected chi connectivity index (χ1v) is 14.2. The van der Waals surface area contributed by atoms with Gasteiger partial charge in [0.05, 0.1) is 29.1 Å². The fourth-order valence-electron chi connectivity index (χ4n) is 4.28. The molecule has 3 rings (SSSR count). The van der Waals surface area contributed by atoms with Crippen molar-refractivity contribution in [3.8, 4) is 0 Å². The van der Waals surface area contributed by atoms with Crippen LogP contribution in [-0.4, -0.2) is 55.8 Å². The van der Waals surface area contributed by atoms with Gasteiger partial charge >= 0.3 is 11.9 Å². The lowest BCUT2D eigenvalue weighted by Gasteiger charge is -2.46. The molecule has 1 heterocycles. The van der Waals surface area contributed by atoms with Gasteiger partial charge in [0, 0.05) is 48.0 Å². The minimum atomic E-state index is -4.10. The van der Waals surface area contributed by atoms with E-state index in [4.69, 9.17) is 9.47 Å². The number of carbonyl (C=O) groups is 2. The number of aryl methyl sites for hydroxylation is 1. The van der Waals surface area contributed by atoms with Gasteiger partial charge < -0.3 is 14.4 Å². The molecule has 2 aromatic rings. The van der Waals surface area contributed by atoms with Crippen LogP contribution in [0.15, 0.2) is 64.7 Å². The second-order valence-electron chi connectivity index (χ2n) is 8.51. The van der Waals surface area contributed by atoms with Crippen LogP contribution in [0.5, 0.6) is 0 Å². The SMILES string of the molecule is CCOC(=O)C1(SS(=O)(=O)c2ccc(C)cc2)CC(c2cccc([N+](=O)[O-])c2)C(C(=O)OC)=C(C)N1C.